The van der Waals surface area contributed by atoms with Gasteiger partial charge in [-0.15, -0.1) is 0 Å². The molecule has 0 saturated heterocycles. The maximum atomic E-state index is 11.7. The average molecular weight is 494 g/mol. The van der Waals surface area contributed by atoms with Gasteiger partial charge in [0.15, 0.2) is 6.61 Å². The molecule has 0 saturated carbocycles. The highest BCUT2D eigenvalue weighted by Gasteiger charge is 2.10. The van der Waals surface area contributed by atoms with Gasteiger partial charge in [-0.05, 0) is 56.1 Å². The van der Waals surface area contributed by atoms with Gasteiger partial charge >= 0.3 is 0 Å². The summed E-state index contributed by atoms with van der Waals surface area (Å²) in [6, 6.07) is 7.47. The van der Waals surface area contributed by atoms with E-state index in [1.807, 2.05) is 42.1 Å². The van der Waals surface area contributed by atoms with Crippen molar-refractivity contribution in [2.75, 3.05) is 6.61 Å². The molecule has 1 aromatic heterocycles. The molecule has 0 aliphatic rings. The van der Waals surface area contributed by atoms with Crippen LogP contribution >= 0.6 is 47.8 Å². The average Bonchev–Trinajstić information content (AvgIpc) is 2.83. The molecule has 0 unspecified atom stereocenters. The van der Waals surface area contributed by atoms with Crippen LogP contribution in [0.5, 0.6) is 5.75 Å². The minimum absolute atomic E-state index is 0.136. The Balaban J connectivity index is 1.88. The summed E-state index contributed by atoms with van der Waals surface area (Å²) in [5, 5.41) is 3.89. The normalized spacial score (nSPS) is 10.9. The molecule has 0 spiro atoms. The van der Waals surface area contributed by atoms with Crippen LogP contribution in [0.25, 0.3) is 0 Å². The van der Waals surface area contributed by atoms with Crippen LogP contribution in [0.4, 0.5) is 0 Å². The van der Waals surface area contributed by atoms with E-state index < -0.39 is 0 Å². The van der Waals surface area contributed by atoms with Gasteiger partial charge in [-0.25, -0.2) is 5.43 Å². The topological polar surface area (TPSA) is 55.6 Å². The van der Waals surface area contributed by atoms with E-state index in [9.17, 15) is 4.79 Å². The predicted octanol–water partition coefficient (Wildman–Crippen LogP) is 3.84. The summed E-state index contributed by atoms with van der Waals surface area (Å²) in [5.41, 5.74) is 3.31. The van der Waals surface area contributed by atoms with E-state index in [1.54, 1.807) is 6.21 Å². The van der Waals surface area contributed by atoms with Crippen LogP contribution in [0.2, 0.25) is 0 Å². The van der Waals surface area contributed by atoms with Crippen molar-refractivity contribution >= 4 is 59.9 Å². The highest BCUT2D eigenvalue weighted by atomic mass is 79.9. The molecule has 1 amide bonds. The van der Waals surface area contributed by atoms with Crippen LogP contribution in [-0.2, 0) is 11.8 Å². The van der Waals surface area contributed by atoms with E-state index in [0.717, 1.165) is 19.1 Å². The van der Waals surface area contributed by atoms with Gasteiger partial charge in [0.25, 0.3) is 5.91 Å². The fourth-order valence-electron chi connectivity index (χ4n) is 1.62. The quantitative estimate of drug-likeness (QED) is 0.508. The lowest BCUT2D eigenvalue weighted by Crippen LogP contribution is -2.24. The Kier molecular flexibility index (Phi) is 6.22. The predicted molar refractivity (Wildman–Crippen MR) is 96.2 cm³/mol. The lowest BCUT2D eigenvalue weighted by Gasteiger charge is -2.09. The zero-order valence-corrected chi connectivity index (χ0v) is 16.3. The van der Waals surface area contributed by atoms with Gasteiger partial charge < -0.3 is 9.30 Å². The number of carbonyl (C=O) groups excluding carboxylic acids is 1. The number of hydrogen-bond donors (Lipinski definition) is 1. The van der Waals surface area contributed by atoms with E-state index in [1.165, 1.54) is 0 Å². The third kappa shape index (κ3) is 4.69. The first kappa shape index (κ1) is 17.2. The second-order valence-electron chi connectivity index (χ2n) is 4.32. The van der Waals surface area contributed by atoms with Crippen LogP contribution in [0.15, 0.2) is 49.0 Å². The highest BCUT2D eigenvalue weighted by Crippen LogP contribution is 2.36. The molecule has 0 bridgehead atoms. The molecule has 2 aromatic rings. The van der Waals surface area contributed by atoms with Gasteiger partial charge in [0.1, 0.15) is 5.75 Å². The van der Waals surface area contributed by atoms with E-state index in [0.29, 0.717) is 5.75 Å². The van der Waals surface area contributed by atoms with Crippen LogP contribution in [0.1, 0.15) is 5.69 Å². The van der Waals surface area contributed by atoms with Crippen molar-refractivity contribution < 1.29 is 9.53 Å². The minimum atomic E-state index is -0.341. The zero-order valence-electron chi connectivity index (χ0n) is 11.5. The molecule has 1 aromatic carbocycles. The number of benzene rings is 1. The Morgan fingerprint density at radius 1 is 1.36 bits per heavy atom. The summed E-state index contributed by atoms with van der Waals surface area (Å²) in [4.78, 5) is 11.7. The smallest absolute Gasteiger partial charge is 0.277 e. The fraction of sp³-hybridized carbons (Fsp3) is 0.143. The van der Waals surface area contributed by atoms with Crippen molar-refractivity contribution in [2.24, 2.45) is 12.1 Å². The van der Waals surface area contributed by atoms with Gasteiger partial charge in [-0.1, -0.05) is 15.9 Å². The molecule has 0 fully saturated rings. The summed E-state index contributed by atoms with van der Waals surface area (Å²) in [5.74, 6) is 0.219. The van der Waals surface area contributed by atoms with Crippen LogP contribution < -0.4 is 10.2 Å². The molecule has 8 heteroatoms. The Hall–Kier alpha value is -1.12. The molecule has 0 radical (unpaired) electrons. The molecule has 22 heavy (non-hydrogen) atoms. The number of rotatable bonds is 5. The first-order valence-corrected chi connectivity index (χ1v) is 8.56. The lowest BCUT2D eigenvalue weighted by atomic mass is 10.3. The molecular weight excluding hydrogens is 482 g/mol. The second-order valence-corrected chi connectivity index (χ2v) is 6.95. The molecular formula is C14H12Br3N3O2. The third-order valence-electron chi connectivity index (χ3n) is 2.68. The molecule has 1 N–H and O–H groups in total. The number of carbonyl (C=O) groups is 1. The van der Waals surface area contributed by atoms with E-state index >= 15 is 0 Å². The van der Waals surface area contributed by atoms with Crippen molar-refractivity contribution in [3.05, 3.63) is 49.6 Å². The number of nitrogens with one attached hydrogen (secondary N) is 1. The highest BCUT2D eigenvalue weighted by molar-refractivity contribution is 9.11. The molecule has 0 aliphatic carbocycles. The van der Waals surface area contributed by atoms with Crippen molar-refractivity contribution in [3.63, 3.8) is 0 Å². The van der Waals surface area contributed by atoms with Gasteiger partial charge in [0, 0.05) is 17.7 Å². The third-order valence-corrected chi connectivity index (χ3v) is 4.32. The van der Waals surface area contributed by atoms with Gasteiger partial charge in [-0.2, -0.15) is 5.10 Å². The number of ether oxygens (including phenoxy) is 1. The van der Waals surface area contributed by atoms with Crippen molar-refractivity contribution in [2.45, 2.75) is 0 Å². The number of amides is 1. The molecule has 1 heterocycles. The molecule has 0 aliphatic heterocycles. The summed E-state index contributed by atoms with van der Waals surface area (Å²) in [6.45, 7) is -0.136. The number of aryl methyl sites for hydroxylation is 1. The summed E-state index contributed by atoms with van der Waals surface area (Å²) in [6.07, 6.45) is 3.47. The maximum Gasteiger partial charge on any atom is 0.277 e. The van der Waals surface area contributed by atoms with Gasteiger partial charge in [-0.3, -0.25) is 4.79 Å². The minimum Gasteiger partial charge on any atom is -0.481 e. The number of hydrogen-bond acceptors (Lipinski definition) is 3. The second kappa shape index (κ2) is 7.94. The summed E-state index contributed by atoms with van der Waals surface area (Å²) >= 11 is 10.1. The number of nitrogens with zero attached hydrogens (tertiary/aromatic N) is 2. The number of hydrazone groups is 1. The molecule has 2 rings (SSSR count). The largest absolute Gasteiger partial charge is 0.481 e. The standard InChI is InChI=1S/C14H12Br3N3O2/c1-20-4-2-3-10(20)7-18-19-13(21)8-22-14-11(16)5-9(15)6-12(14)17/h2-7H,8H2,1H3,(H,19,21)/b18-7+. The number of aromatic nitrogens is 1. The Bertz CT molecular complexity index is 690. The molecule has 116 valence electrons. The van der Waals surface area contributed by atoms with Crippen LogP contribution in [-0.4, -0.2) is 23.3 Å². The van der Waals surface area contributed by atoms with E-state index in [-0.39, 0.29) is 12.5 Å². The zero-order chi connectivity index (χ0) is 16.1. The van der Waals surface area contributed by atoms with E-state index in [2.05, 4.69) is 58.3 Å². The van der Waals surface area contributed by atoms with Crippen molar-refractivity contribution in [1.29, 1.82) is 0 Å². The first-order valence-electron chi connectivity index (χ1n) is 6.18. The Labute approximate surface area is 153 Å². The monoisotopic (exact) mass is 491 g/mol. The number of halogens is 3. The van der Waals surface area contributed by atoms with E-state index in [4.69, 9.17) is 4.74 Å². The van der Waals surface area contributed by atoms with Gasteiger partial charge in [0.05, 0.1) is 20.9 Å². The molecule has 5 nitrogen and oxygen atoms in total. The lowest BCUT2D eigenvalue weighted by molar-refractivity contribution is -0.123. The summed E-state index contributed by atoms with van der Waals surface area (Å²) < 4.78 is 9.77. The summed E-state index contributed by atoms with van der Waals surface area (Å²) in [7, 11) is 1.90. The Morgan fingerprint density at radius 3 is 2.64 bits per heavy atom. The van der Waals surface area contributed by atoms with Crippen LogP contribution in [0, 0.1) is 0 Å². The van der Waals surface area contributed by atoms with Crippen LogP contribution in [0.3, 0.4) is 0 Å². The van der Waals surface area contributed by atoms with Crippen molar-refractivity contribution in [3.8, 4) is 5.75 Å². The molecule has 0 atom stereocenters. The first-order chi connectivity index (χ1) is 10.5. The SMILES string of the molecule is Cn1cccc1/C=N/NC(=O)COc1c(Br)cc(Br)cc1Br. The fourth-order valence-corrected chi connectivity index (χ4v) is 4.10. The van der Waals surface area contributed by atoms with Crippen molar-refractivity contribution in [1.82, 2.24) is 9.99 Å². The maximum absolute atomic E-state index is 11.7. The van der Waals surface area contributed by atoms with Gasteiger partial charge in [0.2, 0.25) is 0 Å². The Morgan fingerprint density at radius 2 is 2.05 bits per heavy atom.